The Hall–Kier alpha value is -0.160. The Bertz CT molecular complexity index is 166. The topological polar surface area (TPSA) is 69.9 Å². The van der Waals surface area contributed by atoms with Crippen molar-refractivity contribution < 1.29 is 20.1 Å². The summed E-state index contributed by atoms with van der Waals surface area (Å²) in [6, 6.07) is 0. The Morgan fingerprint density at radius 1 is 1.15 bits per heavy atom. The van der Waals surface area contributed by atoms with Crippen LogP contribution in [0.15, 0.2) is 0 Å². The van der Waals surface area contributed by atoms with E-state index in [0.717, 1.165) is 0 Å². The van der Waals surface area contributed by atoms with Crippen molar-refractivity contribution in [1.29, 1.82) is 0 Å². The molecule has 4 nitrogen and oxygen atoms in total. The van der Waals surface area contributed by atoms with Crippen molar-refractivity contribution in [3.63, 3.8) is 0 Å². The average Bonchev–Trinajstić information content (AvgIpc) is 2.14. The van der Waals surface area contributed by atoms with Crippen molar-refractivity contribution in [2.24, 2.45) is 10.8 Å². The Morgan fingerprint density at radius 3 is 1.85 bits per heavy atom. The molecule has 0 saturated carbocycles. The third-order valence-electron chi connectivity index (χ3n) is 2.91. The van der Waals surface area contributed by atoms with E-state index in [1.807, 2.05) is 0 Å². The van der Waals surface area contributed by atoms with Crippen molar-refractivity contribution in [2.75, 3.05) is 26.4 Å². The normalized spacial score (nSPS) is 46.4. The maximum Gasteiger partial charge on any atom is 0.0735 e. The van der Waals surface area contributed by atoms with Crippen LogP contribution < -0.4 is 0 Å². The minimum atomic E-state index is -0.733. The van der Waals surface area contributed by atoms with Gasteiger partial charge in [0.25, 0.3) is 0 Å². The molecule has 1 aliphatic heterocycles. The molecule has 2 atom stereocenters. The summed E-state index contributed by atoms with van der Waals surface area (Å²) in [5.41, 5.74) is -1.31. The SMILES string of the molecule is CC1(CO)COCC(C)(CO)C1O. The zero-order valence-corrected chi connectivity index (χ0v) is 8.16. The highest BCUT2D eigenvalue weighted by molar-refractivity contribution is 4.96. The van der Waals surface area contributed by atoms with Gasteiger partial charge in [0.15, 0.2) is 0 Å². The molecule has 0 aromatic rings. The molecule has 0 radical (unpaired) electrons. The molecule has 0 aromatic heterocycles. The van der Waals surface area contributed by atoms with Crippen LogP contribution in [0.2, 0.25) is 0 Å². The Kier molecular flexibility index (Phi) is 2.97. The molecule has 0 spiro atoms. The quantitative estimate of drug-likeness (QED) is 0.542. The fraction of sp³-hybridized carbons (Fsp3) is 1.00. The third kappa shape index (κ3) is 1.72. The number of aliphatic hydroxyl groups is 3. The first kappa shape index (κ1) is 10.9. The number of hydrogen-bond donors (Lipinski definition) is 3. The highest BCUT2D eigenvalue weighted by atomic mass is 16.5. The molecule has 0 bridgehead atoms. The fourth-order valence-electron chi connectivity index (χ4n) is 1.78. The number of rotatable bonds is 2. The molecule has 1 rings (SSSR count). The number of ether oxygens (including phenoxy) is 1. The fourth-order valence-corrected chi connectivity index (χ4v) is 1.78. The first-order valence-corrected chi connectivity index (χ1v) is 4.46. The smallest absolute Gasteiger partial charge is 0.0735 e. The second kappa shape index (κ2) is 3.53. The molecule has 0 aromatic carbocycles. The van der Waals surface area contributed by atoms with Crippen LogP contribution in [0.25, 0.3) is 0 Å². The predicted molar refractivity (Wildman–Crippen MR) is 47.2 cm³/mol. The Labute approximate surface area is 78.1 Å². The summed E-state index contributed by atoms with van der Waals surface area (Å²) in [5.74, 6) is 0. The van der Waals surface area contributed by atoms with E-state index in [-0.39, 0.29) is 13.2 Å². The van der Waals surface area contributed by atoms with Crippen LogP contribution in [0, 0.1) is 10.8 Å². The van der Waals surface area contributed by atoms with Crippen LogP contribution in [0.4, 0.5) is 0 Å². The number of hydrogen-bond acceptors (Lipinski definition) is 4. The van der Waals surface area contributed by atoms with Gasteiger partial charge in [0, 0.05) is 10.8 Å². The van der Waals surface area contributed by atoms with E-state index in [0.29, 0.717) is 13.2 Å². The van der Waals surface area contributed by atoms with Crippen LogP contribution in [0.1, 0.15) is 13.8 Å². The van der Waals surface area contributed by atoms with Gasteiger partial charge in [-0.15, -0.1) is 0 Å². The van der Waals surface area contributed by atoms with Gasteiger partial charge in [-0.05, 0) is 0 Å². The lowest BCUT2D eigenvalue weighted by molar-refractivity contribution is -0.194. The maximum absolute atomic E-state index is 9.95. The van der Waals surface area contributed by atoms with Gasteiger partial charge in [0.05, 0.1) is 32.5 Å². The van der Waals surface area contributed by atoms with E-state index in [2.05, 4.69) is 0 Å². The zero-order valence-electron chi connectivity index (χ0n) is 8.16. The van der Waals surface area contributed by atoms with Crippen LogP contribution in [-0.2, 0) is 4.74 Å². The highest BCUT2D eigenvalue weighted by Crippen LogP contribution is 2.38. The van der Waals surface area contributed by atoms with Gasteiger partial charge in [0.2, 0.25) is 0 Å². The Balaban J connectivity index is 2.83. The number of aliphatic hydroxyl groups excluding tert-OH is 3. The molecule has 2 unspecified atom stereocenters. The molecule has 13 heavy (non-hydrogen) atoms. The molecule has 1 aliphatic rings. The average molecular weight is 190 g/mol. The molecule has 0 aliphatic carbocycles. The summed E-state index contributed by atoms with van der Waals surface area (Å²) < 4.78 is 5.27. The minimum absolute atomic E-state index is 0.135. The third-order valence-corrected chi connectivity index (χ3v) is 2.91. The van der Waals surface area contributed by atoms with Crippen molar-refractivity contribution >= 4 is 0 Å². The van der Waals surface area contributed by atoms with Crippen LogP contribution >= 0.6 is 0 Å². The van der Waals surface area contributed by atoms with E-state index in [1.54, 1.807) is 13.8 Å². The summed E-state index contributed by atoms with van der Waals surface area (Å²) in [4.78, 5) is 0. The lowest BCUT2D eigenvalue weighted by atomic mass is 9.69. The molecule has 3 N–H and O–H groups in total. The first-order valence-electron chi connectivity index (χ1n) is 4.46. The first-order chi connectivity index (χ1) is 5.98. The van der Waals surface area contributed by atoms with Gasteiger partial charge < -0.3 is 20.1 Å². The van der Waals surface area contributed by atoms with E-state index in [9.17, 15) is 5.11 Å². The van der Waals surface area contributed by atoms with Crippen molar-refractivity contribution in [3.05, 3.63) is 0 Å². The lowest BCUT2D eigenvalue weighted by Gasteiger charge is -2.47. The highest BCUT2D eigenvalue weighted by Gasteiger charge is 2.48. The monoisotopic (exact) mass is 190 g/mol. The molecule has 1 fully saturated rings. The van der Waals surface area contributed by atoms with Gasteiger partial charge in [0.1, 0.15) is 0 Å². The van der Waals surface area contributed by atoms with Crippen LogP contribution in [-0.4, -0.2) is 47.9 Å². The van der Waals surface area contributed by atoms with Gasteiger partial charge in [-0.3, -0.25) is 0 Å². The molecule has 4 heteroatoms. The molecule has 0 amide bonds. The van der Waals surface area contributed by atoms with Crippen LogP contribution in [0.3, 0.4) is 0 Å². The molecule has 1 heterocycles. The summed E-state index contributed by atoms with van der Waals surface area (Å²) >= 11 is 0. The summed E-state index contributed by atoms with van der Waals surface area (Å²) in [5, 5.41) is 28.2. The van der Waals surface area contributed by atoms with Gasteiger partial charge >= 0.3 is 0 Å². The second-order valence-electron chi connectivity index (χ2n) is 4.52. The zero-order chi connectivity index (χ0) is 10.1. The van der Waals surface area contributed by atoms with E-state index < -0.39 is 16.9 Å². The van der Waals surface area contributed by atoms with E-state index in [1.165, 1.54) is 0 Å². The standard InChI is InChI=1S/C9H18O4/c1-8(3-10)5-13-6-9(2,4-11)7(8)12/h7,10-12H,3-6H2,1-2H3. The summed E-state index contributed by atoms with van der Waals surface area (Å²) in [6.07, 6.45) is -0.733. The van der Waals surface area contributed by atoms with Crippen molar-refractivity contribution in [2.45, 2.75) is 20.0 Å². The molecular formula is C9H18O4. The Morgan fingerprint density at radius 2 is 1.54 bits per heavy atom. The van der Waals surface area contributed by atoms with E-state index >= 15 is 0 Å². The molecular weight excluding hydrogens is 172 g/mol. The van der Waals surface area contributed by atoms with Gasteiger partial charge in [-0.25, -0.2) is 0 Å². The maximum atomic E-state index is 9.95. The lowest BCUT2D eigenvalue weighted by Crippen LogP contribution is -2.57. The summed E-state index contributed by atoms with van der Waals surface area (Å²) in [6.45, 7) is 3.91. The molecule has 78 valence electrons. The van der Waals surface area contributed by atoms with Crippen molar-refractivity contribution in [3.8, 4) is 0 Å². The van der Waals surface area contributed by atoms with Crippen LogP contribution in [0.5, 0.6) is 0 Å². The second-order valence-corrected chi connectivity index (χ2v) is 4.52. The van der Waals surface area contributed by atoms with Gasteiger partial charge in [-0.1, -0.05) is 13.8 Å². The summed E-state index contributed by atoms with van der Waals surface area (Å²) in [7, 11) is 0. The van der Waals surface area contributed by atoms with Crippen molar-refractivity contribution in [1.82, 2.24) is 0 Å². The van der Waals surface area contributed by atoms with Gasteiger partial charge in [-0.2, -0.15) is 0 Å². The minimum Gasteiger partial charge on any atom is -0.396 e. The van der Waals surface area contributed by atoms with E-state index in [4.69, 9.17) is 14.9 Å². The predicted octanol–water partition coefficient (Wildman–Crippen LogP) is -0.625. The molecule has 1 saturated heterocycles. The largest absolute Gasteiger partial charge is 0.396 e.